The third-order valence-electron chi connectivity index (χ3n) is 1.46. The number of aliphatic carboxylic acids is 1. The summed E-state index contributed by atoms with van der Waals surface area (Å²) in [6.45, 7) is 6.30. The summed E-state index contributed by atoms with van der Waals surface area (Å²) in [4.78, 5) is 10.6. The van der Waals surface area contributed by atoms with Crippen LogP contribution in [-0.4, -0.2) is 36.9 Å². The Morgan fingerprint density at radius 1 is 1.07 bits per heavy atom. The van der Waals surface area contributed by atoms with Crippen molar-refractivity contribution in [3.05, 3.63) is 0 Å². The summed E-state index contributed by atoms with van der Waals surface area (Å²) < 4.78 is 15.6. The van der Waals surface area contributed by atoms with E-state index in [1.54, 1.807) is 20.8 Å². The Bertz CT molecular complexity index is 152. The number of hydrogen-bond acceptors (Lipinski definition) is 4. The molecule has 0 amide bonds. The second-order valence-electron chi connectivity index (χ2n) is 2.55. The Balaban J connectivity index is 4.45. The van der Waals surface area contributed by atoms with Gasteiger partial charge in [0.05, 0.1) is 0 Å². The van der Waals surface area contributed by atoms with Crippen molar-refractivity contribution in [1.82, 2.24) is 0 Å². The lowest BCUT2D eigenvalue weighted by Crippen LogP contribution is -2.41. The summed E-state index contributed by atoms with van der Waals surface area (Å²) in [6.07, 6.45) is -0.317. The third kappa shape index (κ3) is 4.55. The summed E-state index contributed by atoms with van der Waals surface area (Å²) in [6, 6.07) is 0. The lowest BCUT2D eigenvalue weighted by atomic mass is 10.3. The first-order chi connectivity index (χ1) is 6.60. The Hall–Kier alpha value is -0.650. The number of carboxylic acid groups (broad SMARTS) is 1. The molecule has 0 aromatic rings. The molecule has 0 radical (unpaired) electrons. The smallest absolute Gasteiger partial charge is 0.311 e. The Kier molecular flexibility index (Phi) is 6.44. The first-order valence-corrected chi connectivity index (χ1v) is 4.73. The highest BCUT2D eigenvalue weighted by Crippen LogP contribution is 2.20. The average molecular weight is 206 g/mol. The summed E-state index contributed by atoms with van der Waals surface area (Å²) in [5.74, 6) is -2.44. The van der Waals surface area contributed by atoms with Gasteiger partial charge < -0.3 is 19.3 Å². The van der Waals surface area contributed by atoms with E-state index in [0.29, 0.717) is 19.8 Å². The number of carbonyl (C=O) groups is 1. The van der Waals surface area contributed by atoms with Gasteiger partial charge in [0.25, 0.3) is 5.97 Å². The first kappa shape index (κ1) is 13.4. The van der Waals surface area contributed by atoms with Gasteiger partial charge in [-0.1, -0.05) is 0 Å². The molecular weight excluding hydrogens is 188 g/mol. The van der Waals surface area contributed by atoms with E-state index in [-0.39, 0.29) is 6.42 Å². The van der Waals surface area contributed by atoms with Crippen LogP contribution in [0, 0.1) is 0 Å². The minimum atomic E-state index is -1.43. The molecule has 14 heavy (non-hydrogen) atoms. The van der Waals surface area contributed by atoms with Crippen LogP contribution in [0.25, 0.3) is 0 Å². The van der Waals surface area contributed by atoms with Gasteiger partial charge in [-0.15, -0.1) is 0 Å². The second kappa shape index (κ2) is 6.75. The van der Waals surface area contributed by atoms with Gasteiger partial charge in [0.1, 0.15) is 6.42 Å². The van der Waals surface area contributed by atoms with Crippen molar-refractivity contribution in [3.8, 4) is 0 Å². The summed E-state index contributed by atoms with van der Waals surface area (Å²) >= 11 is 0. The fourth-order valence-electron chi connectivity index (χ4n) is 1.12. The number of carboxylic acids is 1. The minimum Gasteiger partial charge on any atom is -0.481 e. The molecule has 0 atom stereocenters. The van der Waals surface area contributed by atoms with E-state index in [9.17, 15) is 4.79 Å². The minimum absolute atomic E-state index is 0.317. The zero-order valence-corrected chi connectivity index (χ0v) is 8.91. The summed E-state index contributed by atoms with van der Waals surface area (Å²) in [7, 11) is 0. The molecule has 0 bridgehead atoms. The van der Waals surface area contributed by atoms with Crippen LogP contribution in [0.1, 0.15) is 27.2 Å². The van der Waals surface area contributed by atoms with Crippen LogP contribution in [0.4, 0.5) is 0 Å². The quantitative estimate of drug-likeness (QED) is 0.605. The summed E-state index contributed by atoms with van der Waals surface area (Å²) in [5, 5.41) is 8.69. The van der Waals surface area contributed by atoms with E-state index >= 15 is 0 Å². The highest BCUT2D eigenvalue weighted by atomic mass is 16.9. The molecule has 84 valence electrons. The molecule has 0 heterocycles. The molecule has 5 heteroatoms. The monoisotopic (exact) mass is 206 g/mol. The molecule has 0 aliphatic heterocycles. The maximum atomic E-state index is 10.6. The Labute approximate surface area is 84.0 Å². The van der Waals surface area contributed by atoms with Crippen molar-refractivity contribution in [2.75, 3.05) is 19.8 Å². The zero-order chi connectivity index (χ0) is 11.0. The van der Waals surface area contributed by atoms with Crippen molar-refractivity contribution in [2.45, 2.75) is 33.2 Å². The highest BCUT2D eigenvalue weighted by molar-refractivity contribution is 5.67. The normalized spacial score (nSPS) is 11.6. The molecule has 0 rings (SSSR count). The molecule has 0 fully saturated rings. The fraction of sp³-hybridized carbons (Fsp3) is 0.889. The zero-order valence-electron chi connectivity index (χ0n) is 8.91. The molecule has 0 aromatic heterocycles. The van der Waals surface area contributed by atoms with E-state index in [4.69, 9.17) is 19.3 Å². The van der Waals surface area contributed by atoms with Gasteiger partial charge in [-0.05, 0) is 20.8 Å². The van der Waals surface area contributed by atoms with E-state index in [0.717, 1.165) is 0 Å². The lowest BCUT2D eigenvalue weighted by molar-refractivity contribution is -0.376. The molecule has 0 aliphatic rings. The van der Waals surface area contributed by atoms with Gasteiger partial charge in [-0.3, -0.25) is 4.79 Å². The van der Waals surface area contributed by atoms with Crippen LogP contribution in [0.3, 0.4) is 0 Å². The van der Waals surface area contributed by atoms with Crippen molar-refractivity contribution < 1.29 is 24.1 Å². The van der Waals surface area contributed by atoms with E-state index in [2.05, 4.69) is 0 Å². The molecule has 0 aliphatic carbocycles. The Morgan fingerprint density at radius 3 is 1.64 bits per heavy atom. The molecule has 1 N–H and O–H groups in total. The van der Waals surface area contributed by atoms with Crippen LogP contribution in [-0.2, 0) is 19.0 Å². The second-order valence-corrected chi connectivity index (χ2v) is 2.55. The van der Waals surface area contributed by atoms with Crippen LogP contribution in [0.2, 0.25) is 0 Å². The fourth-order valence-corrected chi connectivity index (χ4v) is 1.12. The van der Waals surface area contributed by atoms with Gasteiger partial charge >= 0.3 is 5.97 Å². The average Bonchev–Trinajstić information content (AvgIpc) is 2.03. The molecule has 0 aromatic carbocycles. The Morgan fingerprint density at radius 2 is 1.43 bits per heavy atom. The van der Waals surface area contributed by atoms with Crippen LogP contribution in [0.15, 0.2) is 0 Å². The predicted molar refractivity (Wildman–Crippen MR) is 49.9 cm³/mol. The predicted octanol–water partition coefficient (Wildman–Crippen LogP) is 1.22. The van der Waals surface area contributed by atoms with Crippen molar-refractivity contribution in [2.24, 2.45) is 0 Å². The van der Waals surface area contributed by atoms with Crippen molar-refractivity contribution >= 4 is 5.97 Å². The maximum absolute atomic E-state index is 10.6. The molecule has 0 saturated heterocycles. The van der Waals surface area contributed by atoms with Crippen LogP contribution in [0.5, 0.6) is 0 Å². The highest BCUT2D eigenvalue weighted by Gasteiger charge is 2.35. The topological polar surface area (TPSA) is 65.0 Å². The van der Waals surface area contributed by atoms with Crippen LogP contribution < -0.4 is 0 Å². The summed E-state index contributed by atoms with van der Waals surface area (Å²) in [5.41, 5.74) is 0. The van der Waals surface area contributed by atoms with Gasteiger partial charge in [-0.25, -0.2) is 0 Å². The lowest BCUT2D eigenvalue weighted by Gasteiger charge is -2.30. The van der Waals surface area contributed by atoms with Crippen LogP contribution >= 0.6 is 0 Å². The molecule has 0 unspecified atom stereocenters. The van der Waals surface area contributed by atoms with Gasteiger partial charge in [0.15, 0.2) is 0 Å². The van der Waals surface area contributed by atoms with E-state index in [1.807, 2.05) is 0 Å². The maximum Gasteiger partial charge on any atom is 0.311 e. The number of hydrogen-bond donors (Lipinski definition) is 1. The number of ether oxygens (including phenoxy) is 3. The number of rotatable bonds is 8. The van der Waals surface area contributed by atoms with Gasteiger partial charge in [0, 0.05) is 19.8 Å². The van der Waals surface area contributed by atoms with Crippen molar-refractivity contribution in [1.29, 1.82) is 0 Å². The molecule has 0 saturated carbocycles. The SMILES string of the molecule is CCOC(CC(=O)O)(OCC)OCC. The van der Waals surface area contributed by atoms with E-state index in [1.165, 1.54) is 0 Å². The third-order valence-corrected chi connectivity index (χ3v) is 1.46. The first-order valence-electron chi connectivity index (χ1n) is 4.73. The van der Waals surface area contributed by atoms with Gasteiger partial charge in [0.2, 0.25) is 0 Å². The molecule has 0 spiro atoms. The van der Waals surface area contributed by atoms with E-state index < -0.39 is 11.9 Å². The standard InChI is InChI=1S/C9H18O5/c1-4-12-9(13-5-2,14-6-3)7-8(10)11/h4-7H2,1-3H3,(H,10,11). The molecular formula is C9H18O5. The van der Waals surface area contributed by atoms with Gasteiger partial charge in [-0.2, -0.15) is 0 Å². The largest absolute Gasteiger partial charge is 0.481 e. The van der Waals surface area contributed by atoms with Crippen molar-refractivity contribution in [3.63, 3.8) is 0 Å². The molecule has 5 nitrogen and oxygen atoms in total.